The predicted molar refractivity (Wildman–Crippen MR) is 105 cm³/mol. The van der Waals surface area contributed by atoms with Crippen LogP contribution < -0.4 is 0 Å². The number of hydrogen-bond acceptors (Lipinski definition) is 4. The Kier molecular flexibility index (Phi) is 4.61. The number of para-hydroxylation sites is 1. The van der Waals surface area contributed by atoms with E-state index in [-0.39, 0.29) is 17.3 Å². The summed E-state index contributed by atoms with van der Waals surface area (Å²) in [5, 5.41) is 0.821. The molecule has 0 N–H and O–H groups in total. The lowest BCUT2D eigenvalue weighted by atomic mass is 10.2. The van der Waals surface area contributed by atoms with Gasteiger partial charge in [-0.3, -0.25) is 4.79 Å². The molecule has 1 unspecified atom stereocenters. The minimum absolute atomic E-state index is 0.165. The number of rotatable bonds is 3. The molecule has 5 nitrogen and oxygen atoms in total. The number of carbonyl (C=O) groups is 1. The van der Waals surface area contributed by atoms with Crippen molar-refractivity contribution in [2.75, 3.05) is 13.1 Å². The standard InChI is InChI=1S/C20H17ClN2O3S/c21-15-6-8-16(9-7-15)27(25,26)17-11-12-23(13-17)20(24)19-10-5-14-3-1-2-4-18(14)22-19/h1-10,17H,11-13H2. The number of amides is 1. The summed E-state index contributed by atoms with van der Waals surface area (Å²) in [7, 11) is -3.51. The summed E-state index contributed by atoms with van der Waals surface area (Å²) in [4.78, 5) is 19.0. The third-order valence-corrected chi connectivity index (χ3v) is 7.27. The van der Waals surface area contributed by atoms with E-state index >= 15 is 0 Å². The SMILES string of the molecule is O=C(c1ccc2ccccc2n1)N1CCC(S(=O)(=O)c2ccc(Cl)cc2)C1. The summed E-state index contributed by atoms with van der Waals surface area (Å²) >= 11 is 5.84. The van der Waals surface area contributed by atoms with E-state index in [0.717, 1.165) is 10.9 Å². The van der Waals surface area contributed by atoms with Gasteiger partial charge < -0.3 is 4.90 Å². The normalized spacial score (nSPS) is 17.4. The van der Waals surface area contributed by atoms with Gasteiger partial charge in [-0.1, -0.05) is 35.9 Å². The Bertz CT molecular complexity index is 1110. The van der Waals surface area contributed by atoms with Gasteiger partial charge in [0.15, 0.2) is 9.84 Å². The molecule has 7 heteroatoms. The van der Waals surface area contributed by atoms with E-state index in [2.05, 4.69) is 4.98 Å². The minimum Gasteiger partial charge on any atom is -0.336 e. The molecule has 0 saturated carbocycles. The summed E-state index contributed by atoms with van der Waals surface area (Å²) in [5.74, 6) is -0.241. The maximum absolute atomic E-state index is 12.8. The summed E-state index contributed by atoms with van der Waals surface area (Å²) in [6.07, 6.45) is 0.407. The van der Waals surface area contributed by atoms with Crippen molar-refractivity contribution >= 4 is 38.2 Å². The van der Waals surface area contributed by atoms with Gasteiger partial charge in [-0.2, -0.15) is 0 Å². The van der Waals surface area contributed by atoms with Crippen molar-refractivity contribution in [2.24, 2.45) is 0 Å². The maximum atomic E-state index is 12.8. The molecule has 0 bridgehead atoms. The van der Waals surface area contributed by atoms with Crippen LogP contribution in [-0.4, -0.2) is 42.5 Å². The highest BCUT2D eigenvalue weighted by molar-refractivity contribution is 7.92. The number of fused-ring (bicyclic) bond motifs is 1. The Morgan fingerprint density at radius 1 is 1.04 bits per heavy atom. The van der Waals surface area contributed by atoms with Crippen LogP contribution in [0.25, 0.3) is 10.9 Å². The number of pyridine rings is 1. The van der Waals surface area contributed by atoms with Crippen molar-refractivity contribution in [1.82, 2.24) is 9.88 Å². The number of aromatic nitrogens is 1. The van der Waals surface area contributed by atoms with Crippen molar-refractivity contribution in [3.05, 3.63) is 71.4 Å². The molecule has 1 fully saturated rings. The van der Waals surface area contributed by atoms with Crippen molar-refractivity contribution < 1.29 is 13.2 Å². The van der Waals surface area contributed by atoms with Gasteiger partial charge in [-0.05, 0) is 42.8 Å². The van der Waals surface area contributed by atoms with Crippen molar-refractivity contribution in [1.29, 1.82) is 0 Å². The third-order valence-electron chi connectivity index (χ3n) is 4.83. The van der Waals surface area contributed by atoms with E-state index in [1.54, 1.807) is 23.1 Å². The molecule has 2 heterocycles. The van der Waals surface area contributed by atoms with E-state index in [1.807, 2.05) is 30.3 Å². The van der Waals surface area contributed by atoms with Gasteiger partial charge in [-0.25, -0.2) is 13.4 Å². The molecule has 4 rings (SSSR count). The van der Waals surface area contributed by atoms with Gasteiger partial charge in [0.05, 0.1) is 15.7 Å². The Balaban J connectivity index is 1.54. The molecule has 0 spiro atoms. The van der Waals surface area contributed by atoms with Crippen molar-refractivity contribution in [3.8, 4) is 0 Å². The summed E-state index contributed by atoms with van der Waals surface area (Å²) in [6, 6.07) is 17.2. The van der Waals surface area contributed by atoms with Gasteiger partial charge in [0, 0.05) is 23.5 Å². The van der Waals surface area contributed by atoms with Gasteiger partial charge in [0.25, 0.3) is 5.91 Å². The first-order valence-corrected chi connectivity index (χ1v) is 10.5. The van der Waals surface area contributed by atoms with Crippen molar-refractivity contribution in [3.63, 3.8) is 0 Å². The second kappa shape index (κ2) is 6.94. The third kappa shape index (κ3) is 3.42. The summed E-state index contributed by atoms with van der Waals surface area (Å²) in [5.41, 5.74) is 1.08. The monoisotopic (exact) mass is 400 g/mol. The second-order valence-electron chi connectivity index (χ2n) is 6.55. The minimum atomic E-state index is -3.51. The predicted octanol–water partition coefficient (Wildman–Crippen LogP) is 3.58. The molecule has 1 atom stereocenters. The first-order valence-electron chi connectivity index (χ1n) is 8.60. The van der Waals surface area contributed by atoms with E-state index in [4.69, 9.17) is 11.6 Å². The molecule has 1 aromatic heterocycles. The van der Waals surface area contributed by atoms with Crippen LogP contribution in [0.2, 0.25) is 5.02 Å². The number of carbonyl (C=O) groups excluding carboxylic acids is 1. The molecule has 1 saturated heterocycles. The van der Waals surface area contributed by atoms with Gasteiger partial charge in [0.1, 0.15) is 5.69 Å². The molecule has 138 valence electrons. The van der Waals surface area contributed by atoms with Crippen LogP contribution >= 0.6 is 11.6 Å². The highest BCUT2D eigenvalue weighted by Gasteiger charge is 2.36. The van der Waals surface area contributed by atoms with E-state index < -0.39 is 15.1 Å². The Morgan fingerprint density at radius 2 is 1.78 bits per heavy atom. The summed E-state index contributed by atoms with van der Waals surface area (Å²) < 4.78 is 25.7. The van der Waals surface area contributed by atoms with Gasteiger partial charge >= 0.3 is 0 Å². The quantitative estimate of drug-likeness (QED) is 0.674. The lowest BCUT2D eigenvalue weighted by molar-refractivity contribution is 0.0788. The average Bonchev–Trinajstić information content (AvgIpc) is 3.18. The number of hydrogen-bond donors (Lipinski definition) is 0. The molecular weight excluding hydrogens is 384 g/mol. The zero-order valence-electron chi connectivity index (χ0n) is 14.4. The summed E-state index contributed by atoms with van der Waals surface area (Å²) in [6.45, 7) is 0.559. The lowest BCUT2D eigenvalue weighted by Gasteiger charge is -2.16. The van der Waals surface area contributed by atoms with E-state index in [9.17, 15) is 13.2 Å². The van der Waals surface area contributed by atoms with Crippen LogP contribution in [0.3, 0.4) is 0 Å². The first kappa shape index (κ1) is 17.9. The van der Waals surface area contributed by atoms with Crippen molar-refractivity contribution in [2.45, 2.75) is 16.6 Å². The Hall–Kier alpha value is -2.44. The lowest BCUT2D eigenvalue weighted by Crippen LogP contribution is -2.32. The van der Waals surface area contributed by atoms with Gasteiger partial charge in [0.2, 0.25) is 0 Å². The highest BCUT2D eigenvalue weighted by Crippen LogP contribution is 2.26. The van der Waals surface area contributed by atoms with E-state index in [1.165, 1.54) is 12.1 Å². The van der Waals surface area contributed by atoms with Crippen LogP contribution in [0.1, 0.15) is 16.9 Å². The smallest absolute Gasteiger partial charge is 0.272 e. The fourth-order valence-corrected chi connectivity index (χ4v) is 5.15. The average molecular weight is 401 g/mol. The van der Waals surface area contributed by atoms with Crippen LogP contribution in [-0.2, 0) is 9.84 Å². The largest absolute Gasteiger partial charge is 0.336 e. The molecule has 1 aliphatic heterocycles. The molecule has 2 aromatic carbocycles. The highest BCUT2D eigenvalue weighted by atomic mass is 35.5. The zero-order chi connectivity index (χ0) is 19.0. The molecule has 1 aliphatic rings. The number of benzene rings is 2. The topological polar surface area (TPSA) is 67.3 Å². The van der Waals surface area contributed by atoms with Crippen LogP contribution in [0.5, 0.6) is 0 Å². The number of halogens is 1. The van der Waals surface area contributed by atoms with E-state index in [0.29, 0.717) is 23.7 Å². The number of likely N-dealkylation sites (tertiary alicyclic amines) is 1. The molecule has 27 heavy (non-hydrogen) atoms. The van der Waals surface area contributed by atoms with Crippen LogP contribution in [0.15, 0.2) is 65.6 Å². The second-order valence-corrected chi connectivity index (χ2v) is 9.21. The molecule has 3 aromatic rings. The van der Waals surface area contributed by atoms with Crippen LogP contribution in [0, 0.1) is 0 Å². The molecule has 0 radical (unpaired) electrons. The first-order chi connectivity index (χ1) is 12.9. The molecule has 1 amide bonds. The fraction of sp³-hybridized carbons (Fsp3) is 0.200. The maximum Gasteiger partial charge on any atom is 0.272 e. The molecule has 0 aliphatic carbocycles. The zero-order valence-corrected chi connectivity index (χ0v) is 15.9. The molecular formula is C20H17ClN2O3S. The van der Waals surface area contributed by atoms with Gasteiger partial charge in [-0.15, -0.1) is 0 Å². The number of nitrogens with zero attached hydrogens (tertiary/aromatic N) is 2. The fourth-order valence-electron chi connectivity index (χ4n) is 3.33. The van der Waals surface area contributed by atoms with Crippen LogP contribution in [0.4, 0.5) is 0 Å². The Morgan fingerprint density at radius 3 is 2.56 bits per heavy atom. The Labute approximate surface area is 162 Å². The number of sulfone groups is 1.